The molecule has 1 aliphatic rings. The van der Waals surface area contributed by atoms with E-state index >= 15 is 0 Å². The fourth-order valence-electron chi connectivity index (χ4n) is 4.46. The van der Waals surface area contributed by atoms with Gasteiger partial charge in [0.1, 0.15) is 0 Å². The van der Waals surface area contributed by atoms with Crippen LogP contribution in [-0.4, -0.2) is 33.0 Å². The zero-order valence-electron chi connectivity index (χ0n) is 21.9. The molecule has 4 nitrogen and oxygen atoms in total. The third-order valence-corrected chi connectivity index (χ3v) is 8.29. The molecule has 1 rings (SSSR count). The molecule has 5 heteroatoms. The van der Waals surface area contributed by atoms with Gasteiger partial charge in [-0.3, -0.25) is 4.79 Å². The van der Waals surface area contributed by atoms with Crippen LogP contribution < -0.4 is 0 Å². The lowest BCUT2D eigenvalue weighted by atomic mass is 9.85. The van der Waals surface area contributed by atoms with Gasteiger partial charge in [0.15, 0.2) is 0 Å². The van der Waals surface area contributed by atoms with Gasteiger partial charge in [0, 0.05) is 5.92 Å². The Morgan fingerprint density at radius 3 is 2.52 bits per heavy atom. The van der Waals surface area contributed by atoms with Crippen molar-refractivity contribution in [3.63, 3.8) is 0 Å². The molecule has 1 aliphatic carbocycles. The van der Waals surface area contributed by atoms with E-state index in [0.717, 1.165) is 32.1 Å². The van der Waals surface area contributed by atoms with Gasteiger partial charge in [-0.05, 0) is 95.4 Å². The Kier molecular flexibility index (Phi) is 13.2. The van der Waals surface area contributed by atoms with E-state index in [1.165, 1.54) is 34.9 Å². The lowest BCUT2D eigenvalue weighted by Crippen LogP contribution is -2.24. The molecule has 0 saturated heterocycles. The molecule has 0 spiro atoms. The summed E-state index contributed by atoms with van der Waals surface area (Å²) in [5.41, 5.74) is 3.23. The minimum atomic E-state index is -0.761. The Balaban J connectivity index is 2.28. The summed E-state index contributed by atoms with van der Waals surface area (Å²) < 4.78 is 0. The van der Waals surface area contributed by atoms with Gasteiger partial charge < -0.3 is 15.3 Å². The van der Waals surface area contributed by atoms with Gasteiger partial charge in [-0.15, -0.1) is 9.24 Å². The normalized spacial score (nSPS) is 23.2. The molecule has 3 N–H and O–H groups in total. The summed E-state index contributed by atoms with van der Waals surface area (Å²) in [6.07, 6.45) is 13.1. The smallest absolute Gasteiger partial charge is 0.306 e. The van der Waals surface area contributed by atoms with Crippen molar-refractivity contribution in [1.82, 2.24) is 0 Å². The van der Waals surface area contributed by atoms with Crippen molar-refractivity contribution in [2.45, 2.75) is 117 Å². The van der Waals surface area contributed by atoms with Gasteiger partial charge in [0.25, 0.3) is 0 Å². The lowest BCUT2D eigenvalue weighted by molar-refractivity contribution is -0.141. The van der Waals surface area contributed by atoms with Gasteiger partial charge in [0.05, 0.1) is 17.6 Å². The van der Waals surface area contributed by atoms with Crippen molar-refractivity contribution in [2.24, 2.45) is 17.8 Å². The van der Waals surface area contributed by atoms with Crippen LogP contribution in [0.1, 0.15) is 106 Å². The summed E-state index contributed by atoms with van der Waals surface area (Å²) in [6, 6.07) is 0. The van der Waals surface area contributed by atoms with Crippen molar-refractivity contribution in [1.29, 1.82) is 0 Å². The molecule has 6 atom stereocenters. The number of carboxylic acid groups (broad SMARTS) is 1. The van der Waals surface area contributed by atoms with Gasteiger partial charge in [0.2, 0.25) is 0 Å². The van der Waals surface area contributed by atoms with Crippen LogP contribution in [-0.2, 0) is 4.79 Å². The van der Waals surface area contributed by atoms with Crippen LogP contribution in [0, 0.1) is 17.8 Å². The average Bonchev–Trinajstić information content (AvgIpc) is 2.73. The molecular formula is C28H49O4P. The minimum Gasteiger partial charge on any atom is -0.481 e. The SMILES string of the molecule is CC1=C(P)C(CCC(C)CCC/C(C)=C/CCC(C)(O)CCCC(C)C(=O)O)=CC(O)C1C. The number of allylic oxidation sites excluding steroid dienone is 4. The lowest BCUT2D eigenvalue weighted by Gasteiger charge is -2.27. The second kappa shape index (κ2) is 14.4. The molecule has 0 bridgehead atoms. The first kappa shape index (κ1) is 30.1. The fraction of sp³-hybridized carbons (Fsp3) is 0.750. The summed E-state index contributed by atoms with van der Waals surface area (Å²) in [5.74, 6) is -0.244. The average molecular weight is 481 g/mol. The molecule has 0 radical (unpaired) electrons. The maximum absolute atomic E-state index is 10.9. The molecule has 0 heterocycles. The molecule has 0 aliphatic heterocycles. The van der Waals surface area contributed by atoms with Crippen LogP contribution in [0.15, 0.2) is 34.2 Å². The highest BCUT2D eigenvalue weighted by Crippen LogP contribution is 2.36. The predicted molar refractivity (Wildman–Crippen MR) is 142 cm³/mol. The van der Waals surface area contributed by atoms with Crippen molar-refractivity contribution >= 4 is 15.2 Å². The zero-order valence-corrected chi connectivity index (χ0v) is 23.0. The fourth-order valence-corrected chi connectivity index (χ4v) is 4.96. The maximum atomic E-state index is 10.9. The molecule has 6 unspecified atom stereocenters. The quantitative estimate of drug-likeness (QED) is 0.174. The first-order chi connectivity index (χ1) is 15.3. The molecule has 0 aromatic carbocycles. The van der Waals surface area contributed by atoms with E-state index in [1.807, 2.05) is 13.0 Å². The highest BCUT2D eigenvalue weighted by Gasteiger charge is 2.23. The van der Waals surface area contributed by atoms with E-state index in [-0.39, 0.29) is 17.9 Å². The highest BCUT2D eigenvalue weighted by molar-refractivity contribution is 7.23. The van der Waals surface area contributed by atoms with E-state index in [2.05, 4.69) is 43.0 Å². The predicted octanol–water partition coefficient (Wildman–Crippen LogP) is 7.03. The first-order valence-electron chi connectivity index (χ1n) is 12.8. The summed E-state index contributed by atoms with van der Waals surface area (Å²) in [7, 11) is 2.87. The summed E-state index contributed by atoms with van der Waals surface area (Å²) in [6.45, 7) is 12.3. The van der Waals surface area contributed by atoms with Crippen LogP contribution in [0.4, 0.5) is 0 Å². The van der Waals surface area contributed by atoms with Crippen molar-refractivity contribution in [3.05, 3.63) is 34.2 Å². The maximum Gasteiger partial charge on any atom is 0.306 e. The van der Waals surface area contributed by atoms with E-state index < -0.39 is 11.6 Å². The molecule has 0 fully saturated rings. The second-order valence-electron chi connectivity index (χ2n) is 10.8. The molecule has 0 aromatic rings. The number of carboxylic acids is 1. The zero-order chi connectivity index (χ0) is 25.2. The van der Waals surface area contributed by atoms with Crippen molar-refractivity contribution < 1.29 is 20.1 Å². The Morgan fingerprint density at radius 2 is 1.88 bits per heavy atom. The van der Waals surface area contributed by atoms with E-state index in [1.54, 1.807) is 6.92 Å². The van der Waals surface area contributed by atoms with Gasteiger partial charge >= 0.3 is 5.97 Å². The Hall–Kier alpha value is -0.960. The van der Waals surface area contributed by atoms with Gasteiger partial charge in [-0.25, -0.2) is 0 Å². The number of hydrogen-bond donors (Lipinski definition) is 3. The first-order valence-corrected chi connectivity index (χ1v) is 13.4. The standard InChI is InChI=1S/C28H49O4P/c1-19(12-8-16-28(6,32)17-9-13-21(3)27(30)31)10-7-11-20(2)14-15-24-18-25(29)22(4)23(5)26(24)33/h12,18,20-22,25,29,32H,7-11,13-17,33H2,1-6H3,(H,30,31)/b19-12+. The number of aliphatic carboxylic acids is 1. The van der Waals surface area contributed by atoms with Crippen LogP contribution in [0.25, 0.3) is 0 Å². The molecule has 0 aromatic heterocycles. The van der Waals surface area contributed by atoms with E-state index in [0.29, 0.717) is 25.2 Å². The number of aliphatic hydroxyl groups is 2. The summed E-state index contributed by atoms with van der Waals surface area (Å²) in [5, 5.41) is 31.1. The Labute approximate surface area is 204 Å². The second-order valence-corrected chi connectivity index (χ2v) is 11.4. The van der Waals surface area contributed by atoms with Crippen LogP contribution in [0.5, 0.6) is 0 Å². The number of hydrogen-bond acceptors (Lipinski definition) is 3. The third-order valence-electron chi connectivity index (χ3n) is 7.46. The molecule has 190 valence electrons. The highest BCUT2D eigenvalue weighted by atomic mass is 31.0. The monoisotopic (exact) mass is 480 g/mol. The van der Waals surface area contributed by atoms with Crippen molar-refractivity contribution in [3.8, 4) is 0 Å². The molecule has 0 amide bonds. The third kappa shape index (κ3) is 11.3. The van der Waals surface area contributed by atoms with Crippen LogP contribution in [0.2, 0.25) is 0 Å². The van der Waals surface area contributed by atoms with Crippen LogP contribution >= 0.6 is 9.24 Å². The van der Waals surface area contributed by atoms with Gasteiger partial charge in [-0.1, -0.05) is 50.5 Å². The number of rotatable bonds is 15. The number of aliphatic hydroxyl groups excluding tert-OH is 1. The summed E-state index contributed by atoms with van der Waals surface area (Å²) >= 11 is 0. The van der Waals surface area contributed by atoms with Crippen LogP contribution in [0.3, 0.4) is 0 Å². The Morgan fingerprint density at radius 1 is 1.21 bits per heavy atom. The molecular weight excluding hydrogens is 431 g/mol. The largest absolute Gasteiger partial charge is 0.481 e. The van der Waals surface area contributed by atoms with Crippen molar-refractivity contribution in [2.75, 3.05) is 0 Å². The van der Waals surface area contributed by atoms with Gasteiger partial charge in [-0.2, -0.15) is 0 Å². The summed E-state index contributed by atoms with van der Waals surface area (Å²) in [4.78, 5) is 10.9. The van der Waals surface area contributed by atoms with E-state index in [9.17, 15) is 15.0 Å². The number of carbonyl (C=O) groups is 1. The minimum absolute atomic E-state index is 0.206. The Bertz CT molecular complexity index is 719. The topological polar surface area (TPSA) is 77.8 Å². The molecule has 33 heavy (non-hydrogen) atoms. The van der Waals surface area contributed by atoms with E-state index in [4.69, 9.17) is 5.11 Å². The molecule has 0 saturated carbocycles.